The van der Waals surface area contributed by atoms with E-state index < -0.39 is 0 Å². The molecule has 0 unspecified atom stereocenters. The SMILES string of the molecule is COc1ccc(-c2nc(-c3ccccc3)c(NC(C)(C)C)o2)cc1. The lowest BCUT2D eigenvalue weighted by Crippen LogP contribution is -2.26. The summed E-state index contributed by atoms with van der Waals surface area (Å²) in [6.45, 7) is 6.28. The number of oxazole rings is 1. The Balaban J connectivity index is 2.05. The topological polar surface area (TPSA) is 47.3 Å². The summed E-state index contributed by atoms with van der Waals surface area (Å²) in [6.07, 6.45) is 0. The first-order valence-electron chi connectivity index (χ1n) is 7.95. The second-order valence-corrected chi connectivity index (χ2v) is 6.67. The van der Waals surface area contributed by atoms with Crippen LogP contribution in [0, 0.1) is 0 Å². The van der Waals surface area contributed by atoms with Crippen LogP contribution in [0.4, 0.5) is 5.88 Å². The van der Waals surface area contributed by atoms with Gasteiger partial charge in [0.1, 0.15) is 11.4 Å². The van der Waals surface area contributed by atoms with Gasteiger partial charge in [-0.1, -0.05) is 30.3 Å². The fourth-order valence-electron chi connectivity index (χ4n) is 2.39. The number of ether oxygens (including phenoxy) is 1. The molecule has 1 N–H and O–H groups in total. The maximum Gasteiger partial charge on any atom is 0.229 e. The van der Waals surface area contributed by atoms with Crippen molar-refractivity contribution >= 4 is 5.88 Å². The van der Waals surface area contributed by atoms with Gasteiger partial charge in [-0.05, 0) is 45.0 Å². The molecule has 0 aliphatic heterocycles. The van der Waals surface area contributed by atoms with E-state index in [1.165, 1.54) is 0 Å². The average Bonchev–Trinajstić information content (AvgIpc) is 2.97. The van der Waals surface area contributed by atoms with E-state index in [4.69, 9.17) is 14.1 Å². The molecule has 2 aromatic carbocycles. The van der Waals surface area contributed by atoms with Crippen molar-refractivity contribution in [2.24, 2.45) is 0 Å². The van der Waals surface area contributed by atoms with Crippen molar-refractivity contribution in [2.75, 3.05) is 12.4 Å². The van der Waals surface area contributed by atoms with E-state index >= 15 is 0 Å². The van der Waals surface area contributed by atoms with Crippen molar-refractivity contribution in [3.05, 3.63) is 54.6 Å². The largest absolute Gasteiger partial charge is 0.497 e. The van der Waals surface area contributed by atoms with E-state index in [9.17, 15) is 0 Å². The highest BCUT2D eigenvalue weighted by Crippen LogP contribution is 2.34. The third kappa shape index (κ3) is 3.59. The Morgan fingerprint density at radius 3 is 2.17 bits per heavy atom. The van der Waals surface area contributed by atoms with Crippen molar-refractivity contribution < 1.29 is 9.15 Å². The molecule has 0 saturated carbocycles. The molecule has 0 saturated heterocycles. The Morgan fingerprint density at radius 2 is 1.58 bits per heavy atom. The summed E-state index contributed by atoms with van der Waals surface area (Å²) >= 11 is 0. The maximum atomic E-state index is 6.04. The molecule has 0 aliphatic rings. The number of methoxy groups -OCH3 is 1. The summed E-state index contributed by atoms with van der Waals surface area (Å²) in [7, 11) is 1.65. The van der Waals surface area contributed by atoms with Gasteiger partial charge in [0, 0.05) is 16.7 Å². The van der Waals surface area contributed by atoms with Crippen molar-refractivity contribution in [1.82, 2.24) is 4.98 Å². The summed E-state index contributed by atoms with van der Waals surface area (Å²) in [4.78, 5) is 4.72. The minimum absolute atomic E-state index is 0.125. The summed E-state index contributed by atoms with van der Waals surface area (Å²) in [6, 6.07) is 17.7. The lowest BCUT2D eigenvalue weighted by atomic mass is 10.1. The first-order chi connectivity index (χ1) is 11.5. The van der Waals surface area contributed by atoms with Gasteiger partial charge in [-0.15, -0.1) is 0 Å². The Hall–Kier alpha value is -2.75. The van der Waals surface area contributed by atoms with Gasteiger partial charge in [0.05, 0.1) is 7.11 Å². The smallest absolute Gasteiger partial charge is 0.229 e. The predicted octanol–water partition coefficient (Wildman–Crippen LogP) is 5.23. The highest BCUT2D eigenvalue weighted by atomic mass is 16.5. The molecule has 0 amide bonds. The monoisotopic (exact) mass is 322 g/mol. The van der Waals surface area contributed by atoms with Gasteiger partial charge in [0.15, 0.2) is 0 Å². The van der Waals surface area contributed by atoms with Gasteiger partial charge in [-0.25, -0.2) is 4.98 Å². The quantitative estimate of drug-likeness (QED) is 0.714. The predicted molar refractivity (Wildman–Crippen MR) is 97.3 cm³/mol. The van der Waals surface area contributed by atoms with E-state index in [2.05, 4.69) is 26.1 Å². The fraction of sp³-hybridized carbons (Fsp3) is 0.250. The molecule has 0 aliphatic carbocycles. The van der Waals surface area contributed by atoms with E-state index in [1.807, 2.05) is 54.6 Å². The summed E-state index contributed by atoms with van der Waals surface area (Å²) in [5.41, 5.74) is 2.62. The third-order valence-corrected chi connectivity index (χ3v) is 3.50. The van der Waals surface area contributed by atoms with Crippen LogP contribution < -0.4 is 10.1 Å². The highest BCUT2D eigenvalue weighted by Gasteiger charge is 2.20. The normalized spacial score (nSPS) is 11.3. The van der Waals surface area contributed by atoms with Crippen molar-refractivity contribution in [3.8, 4) is 28.5 Å². The summed E-state index contributed by atoms with van der Waals surface area (Å²) in [5.74, 6) is 2.07. The first-order valence-corrected chi connectivity index (χ1v) is 7.95. The highest BCUT2D eigenvalue weighted by molar-refractivity contribution is 5.74. The van der Waals surface area contributed by atoms with E-state index in [0.29, 0.717) is 11.8 Å². The minimum Gasteiger partial charge on any atom is -0.497 e. The fourth-order valence-corrected chi connectivity index (χ4v) is 2.39. The van der Waals surface area contributed by atoms with E-state index in [0.717, 1.165) is 22.6 Å². The molecule has 3 rings (SSSR count). The molecule has 4 heteroatoms. The second kappa shape index (κ2) is 6.40. The van der Waals surface area contributed by atoms with Crippen molar-refractivity contribution in [2.45, 2.75) is 26.3 Å². The number of hydrogen-bond acceptors (Lipinski definition) is 4. The van der Waals surface area contributed by atoms with Crippen LogP contribution in [0.5, 0.6) is 5.75 Å². The zero-order chi connectivity index (χ0) is 17.2. The van der Waals surface area contributed by atoms with Crippen LogP contribution in [0.25, 0.3) is 22.7 Å². The van der Waals surface area contributed by atoms with E-state index in [1.54, 1.807) is 7.11 Å². The van der Waals surface area contributed by atoms with Crippen LogP contribution in [0.2, 0.25) is 0 Å². The number of hydrogen-bond donors (Lipinski definition) is 1. The van der Waals surface area contributed by atoms with Crippen LogP contribution in [0.1, 0.15) is 20.8 Å². The minimum atomic E-state index is -0.125. The van der Waals surface area contributed by atoms with Gasteiger partial charge in [0.2, 0.25) is 11.8 Å². The van der Waals surface area contributed by atoms with Crippen LogP contribution in [0.3, 0.4) is 0 Å². The molecular weight excluding hydrogens is 300 g/mol. The van der Waals surface area contributed by atoms with Gasteiger partial charge in [-0.2, -0.15) is 0 Å². The molecule has 3 aromatic rings. The van der Waals surface area contributed by atoms with E-state index in [-0.39, 0.29) is 5.54 Å². The molecule has 124 valence electrons. The average molecular weight is 322 g/mol. The van der Waals surface area contributed by atoms with Crippen LogP contribution >= 0.6 is 0 Å². The lowest BCUT2D eigenvalue weighted by Gasteiger charge is -2.20. The Labute approximate surface area is 142 Å². The summed E-state index contributed by atoms with van der Waals surface area (Å²) < 4.78 is 11.2. The summed E-state index contributed by atoms with van der Waals surface area (Å²) in [5, 5.41) is 3.41. The number of anilines is 1. The van der Waals surface area contributed by atoms with Gasteiger partial charge in [-0.3, -0.25) is 0 Å². The molecular formula is C20H22N2O2. The molecule has 4 nitrogen and oxygen atoms in total. The Bertz CT molecular complexity index is 800. The number of aromatic nitrogens is 1. The molecule has 24 heavy (non-hydrogen) atoms. The van der Waals surface area contributed by atoms with Gasteiger partial charge < -0.3 is 14.5 Å². The van der Waals surface area contributed by atoms with Crippen LogP contribution in [0.15, 0.2) is 59.0 Å². The molecule has 1 heterocycles. The third-order valence-electron chi connectivity index (χ3n) is 3.50. The lowest BCUT2D eigenvalue weighted by molar-refractivity contribution is 0.415. The number of rotatable bonds is 4. The molecule has 0 radical (unpaired) electrons. The molecule has 0 fully saturated rings. The number of nitrogens with one attached hydrogen (secondary N) is 1. The zero-order valence-electron chi connectivity index (χ0n) is 14.5. The van der Waals surface area contributed by atoms with Crippen LogP contribution in [-0.4, -0.2) is 17.6 Å². The first kappa shape index (κ1) is 16.1. The van der Waals surface area contributed by atoms with Crippen molar-refractivity contribution in [3.63, 3.8) is 0 Å². The number of nitrogens with zero attached hydrogens (tertiary/aromatic N) is 1. The molecule has 0 bridgehead atoms. The Morgan fingerprint density at radius 1 is 0.917 bits per heavy atom. The second-order valence-electron chi connectivity index (χ2n) is 6.67. The molecule has 1 aromatic heterocycles. The number of benzene rings is 2. The Kier molecular flexibility index (Phi) is 4.30. The van der Waals surface area contributed by atoms with Crippen LogP contribution in [-0.2, 0) is 0 Å². The standard InChI is InChI=1S/C20H22N2O2/c1-20(2,3)22-19-17(14-8-6-5-7-9-14)21-18(24-19)15-10-12-16(23-4)13-11-15/h5-13,22H,1-4H3. The zero-order valence-corrected chi connectivity index (χ0v) is 14.5. The van der Waals surface area contributed by atoms with Gasteiger partial charge >= 0.3 is 0 Å². The van der Waals surface area contributed by atoms with Crippen molar-refractivity contribution in [1.29, 1.82) is 0 Å². The molecule has 0 spiro atoms. The van der Waals surface area contributed by atoms with Gasteiger partial charge in [0.25, 0.3) is 0 Å². The molecule has 0 atom stereocenters. The maximum absolute atomic E-state index is 6.04.